The molecule has 160 valence electrons. The van der Waals surface area contributed by atoms with Crippen molar-refractivity contribution in [1.82, 2.24) is 9.88 Å². The number of benzene rings is 1. The number of amides is 2. The van der Waals surface area contributed by atoms with Gasteiger partial charge in [0.1, 0.15) is 0 Å². The first kappa shape index (κ1) is 21.8. The van der Waals surface area contributed by atoms with Gasteiger partial charge in [-0.25, -0.2) is 19.0 Å². The molecule has 2 N–H and O–H groups in total. The number of urea groups is 1. The van der Waals surface area contributed by atoms with Crippen molar-refractivity contribution >= 4 is 36.8 Å². The molecule has 9 heteroatoms. The Bertz CT molecular complexity index is 946. The summed E-state index contributed by atoms with van der Waals surface area (Å²) in [4.78, 5) is 31.1. The molecule has 2 heterocycles. The zero-order valence-corrected chi connectivity index (χ0v) is 18.6. The molecule has 0 unspecified atom stereocenters. The predicted molar refractivity (Wildman–Crippen MR) is 118 cm³/mol. The van der Waals surface area contributed by atoms with Gasteiger partial charge in [-0.05, 0) is 25.1 Å². The molecule has 1 saturated heterocycles. The van der Waals surface area contributed by atoms with Gasteiger partial charge in [-0.2, -0.15) is 0 Å². The van der Waals surface area contributed by atoms with Crippen molar-refractivity contribution in [2.75, 3.05) is 29.9 Å². The Kier molecular flexibility index (Phi) is 6.11. The SMILES string of the molecule is C[C@@H]1CN(c2ncc(C(=O)O)cc2F)CCN1C(=O)Nc1ccc([Si](C)(C)C)cc1. The molecule has 1 atom stereocenters. The molecule has 7 nitrogen and oxygen atoms in total. The Morgan fingerprint density at radius 3 is 2.40 bits per heavy atom. The zero-order chi connectivity index (χ0) is 22.1. The van der Waals surface area contributed by atoms with E-state index in [0.29, 0.717) is 19.6 Å². The number of halogens is 1. The van der Waals surface area contributed by atoms with Gasteiger partial charge in [-0.1, -0.05) is 37.0 Å². The van der Waals surface area contributed by atoms with E-state index in [4.69, 9.17) is 5.11 Å². The molecule has 0 spiro atoms. The average molecular weight is 431 g/mol. The highest BCUT2D eigenvalue weighted by Crippen LogP contribution is 2.22. The maximum atomic E-state index is 14.3. The van der Waals surface area contributed by atoms with E-state index in [0.717, 1.165) is 18.0 Å². The average Bonchev–Trinajstić information content (AvgIpc) is 2.67. The topological polar surface area (TPSA) is 85.8 Å². The maximum absolute atomic E-state index is 14.3. The van der Waals surface area contributed by atoms with E-state index in [1.807, 2.05) is 19.1 Å². The molecule has 0 saturated carbocycles. The van der Waals surface area contributed by atoms with Crippen LogP contribution in [0.2, 0.25) is 19.6 Å². The van der Waals surface area contributed by atoms with Gasteiger partial charge < -0.3 is 20.2 Å². The summed E-state index contributed by atoms with van der Waals surface area (Å²) >= 11 is 0. The Hall–Kier alpha value is -2.94. The van der Waals surface area contributed by atoms with Crippen LogP contribution in [0.4, 0.5) is 20.7 Å². The second-order valence-electron chi connectivity index (χ2n) is 8.58. The van der Waals surface area contributed by atoms with E-state index in [-0.39, 0.29) is 23.5 Å². The monoisotopic (exact) mass is 430 g/mol. The fourth-order valence-electron chi connectivity index (χ4n) is 3.48. The van der Waals surface area contributed by atoms with E-state index in [9.17, 15) is 14.0 Å². The molecule has 1 aliphatic heterocycles. The van der Waals surface area contributed by atoms with E-state index in [1.165, 1.54) is 5.19 Å². The molecule has 2 aromatic rings. The fraction of sp³-hybridized carbons (Fsp3) is 0.381. The Morgan fingerprint density at radius 1 is 1.20 bits per heavy atom. The summed E-state index contributed by atoms with van der Waals surface area (Å²) in [6, 6.07) is 8.60. The molecule has 1 fully saturated rings. The van der Waals surface area contributed by atoms with E-state index in [1.54, 1.807) is 9.80 Å². The number of aromatic carboxylic acids is 1. The third kappa shape index (κ3) is 4.78. The summed E-state index contributed by atoms with van der Waals surface area (Å²) in [5.74, 6) is -1.79. The lowest BCUT2D eigenvalue weighted by molar-refractivity contribution is 0.0695. The lowest BCUT2D eigenvalue weighted by Crippen LogP contribution is -2.55. The second-order valence-corrected chi connectivity index (χ2v) is 13.7. The Balaban J connectivity index is 1.64. The number of carboxylic acids is 1. The van der Waals surface area contributed by atoms with Crippen LogP contribution >= 0.6 is 0 Å². The number of nitrogens with zero attached hydrogens (tertiary/aromatic N) is 3. The number of hydrogen-bond acceptors (Lipinski definition) is 4. The molecule has 0 aliphatic carbocycles. The molecule has 2 amide bonds. The summed E-state index contributed by atoms with van der Waals surface area (Å²) in [6.07, 6.45) is 1.15. The Morgan fingerprint density at radius 2 is 1.87 bits per heavy atom. The van der Waals surface area contributed by atoms with Crippen molar-refractivity contribution in [3.63, 3.8) is 0 Å². The third-order valence-electron chi connectivity index (χ3n) is 5.26. The van der Waals surface area contributed by atoms with Gasteiger partial charge in [0.15, 0.2) is 11.6 Å². The first-order valence-electron chi connectivity index (χ1n) is 9.88. The first-order valence-corrected chi connectivity index (χ1v) is 13.4. The van der Waals surface area contributed by atoms with Gasteiger partial charge >= 0.3 is 12.0 Å². The summed E-state index contributed by atoms with van der Waals surface area (Å²) in [5.41, 5.74) is 0.552. The number of nitrogens with one attached hydrogen (secondary N) is 1. The number of aromatic nitrogens is 1. The van der Waals surface area contributed by atoms with Gasteiger partial charge in [-0.15, -0.1) is 0 Å². The molecular weight excluding hydrogens is 403 g/mol. The lowest BCUT2D eigenvalue weighted by Gasteiger charge is -2.40. The van der Waals surface area contributed by atoms with Crippen molar-refractivity contribution in [2.45, 2.75) is 32.6 Å². The van der Waals surface area contributed by atoms with Crippen LogP contribution in [0.25, 0.3) is 0 Å². The minimum absolute atomic E-state index is 0.105. The number of anilines is 2. The number of carboxylic acid groups (broad SMARTS) is 1. The summed E-state index contributed by atoms with van der Waals surface area (Å²) in [5, 5.41) is 13.2. The lowest BCUT2D eigenvalue weighted by atomic mass is 10.2. The number of carbonyl (C=O) groups is 2. The predicted octanol–water partition coefficient (Wildman–Crippen LogP) is 3.21. The molecule has 0 radical (unpaired) electrons. The van der Waals surface area contributed by atoms with Crippen LogP contribution in [-0.2, 0) is 0 Å². The molecule has 1 aromatic heterocycles. The molecule has 1 aromatic carbocycles. The van der Waals surface area contributed by atoms with Crippen molar-refractivity contribution in [1.29, 1.82) is 0 Å². The van der Waals surface area contributed by atoms with Gasteiger partial charge in [-0.3, -0.25) is 0 Å². The summed E-state index contributed by atoms with van der Waals surface area (Å²) < 4.78 is 14.3. The Labute approximate surface area is 176 Å². The van der Waals surface area contributed by atoms with Crippen LogP contribution in [0.3, 0.4) is 0 Å². The molecular formula is C21H27FN4O3Si. The van der Waals surface area contributed by atoms with Gasteiger partial charge in [0.05, 0.1) is 13.6 Å². The quantitative estimate of drug-likeness (QED) is 0.728. The van der Waals surface area contributed by atoms with E-state index in [2.05, 4.69) is 42.1 Å². The molecule has 1 aliphatic rings. The highest BCUT2D eigenvalue weighted by Gasteiger charge is 2.29. The van der Waals surface area contributed by atoms with Crippen molar-refractivity contribution < 1.29 is 19.1 Å². The number of piperazine rings is 1. The van der Waals surface area contributed by atoms with Gasteiger partial charge in [0.25, 0.3) is 0 Å². The van der Waals surface area contributed by atoms with Crippen LogP contribution in [-0.4, -0.2) is 60.7 Å². The van der Waals surface area contributed by atoms with E-state index < -0.39 is 19.9 Å². The third-order valence-corrected chi connectivity index (χ3v) is 7.32. The number of hydrogen-bond donors (Lipinski definition) is 2. The minimum atomic E-state index is -1.39. The molecule has 3 rings (SSSR count). The van der Waals surface area contributed by atoms with E-state index >= 15 is 0 Å². The standard InChI is InChI=1S/C21H27FN4O3Si/c1-14-13-25(19-18(22)11-15(12-23-19)20(27)28)9-10-26(14)21(29)24-16-5-7-17(8-6-16)30(2,3)4/h5-8,11-12,14H,9-10,13H2,1-4H3,(H,24,29)(H,27,28)/t14-/m1/s1. The highest BCUT2D eigenvalue weighted by molar-refractivity contribution is 6.88. The zero-order valence-electron chi connectivity index (χ0n) is 17.6. The van der Waals surface area contributed by atoms with Crippen LogP contribution < -0.4 is 15.4 Å². The minimum Gasteiger partial charge on any atom is -0.478 e. The van der Waals surface area contributed by atoms with Crippen LogP contribution in [0.5, 0.6) is 0 Å². The fourth-order valence-corrected chi connectivity index (χ4v) is 4.65. The number of rotatable bonds is 4. The van der Waals surface area contributed by atoms with Gasteiger partial charge in [0, 0.05) is 37.6 Å². The van der Waals surface area contributed by atoms with Crippen molar-refractivity contribution in [3.05, 3.63) is 47.9 Å². The summed E-state index contributed by atoms with van der Waals surface area (Å²) in [6.45, 7) is 9.92. The van der Waals surface area contributed by atoms with Crippen molar-refractivity contribution in [2.24, 2.45) is 0 Å². The molecule has 30 heavy (non-hydrogen) atoms. The number of carbonyl (C=O) groups excluding carboxylic acids is 1. The number of pyridine rings is 1. The second kappa shape index (κ2) is 8.43. The molecule has 0 bridgehead atoms. The van der Waals surface area contributed by atoms with Crippen LogP contribution in [0.1, 0.15) is 17.3 Å². The largest absolute Gasteiger partial charge is 0.478 e. The normalized spacial score (nSPS) is 17.0. The van der Waals surface area contributed by atoms with Crippen LogP contribution in [0, 0.1) is 5.82 Å². The summed E-state index contributed by atoms with van der Waals surface area (Å²) in [7, 11) is -1.39. The maximum Gasteiger partial charge on any atom is 0.337 e. The smallest absolute Gasteiger partial charge is 0.337 e. The highest BCUT2D eigenvalue weighted by atomic mass is 28.3. The first-order chi connectivity index (χ1) is 14.1. The van der Waals surface area contributed by atoms with Crippen LogP contribution in [0.15, 0.2) is 36.5 Å². The van der Waals surface area contributed by atoms with Gasteiger partial charge in [0.2, 0.25) is 0 Å². The van der Waals surface area contributed by atoms with Crippen molar-refractivity contribution in [3.8, 4) is 0 Å².